The molecule has 5 atom stereocenters. The largest absolute Gasteiger partial charge is 0.388 e. The number of aliphatic hydroxyl groups excluding tert-OH is 3. The summed E-state index contributed by atoms with van der Waals surface area (Å²) >= 11 is 0. The van der Waals surface area contributed by atoms with Crippen LogP contribution >= 0.6 is 0 Å². The zero-order chi connectivity index (χ0) is 37.0. The molecule has 2 aliphatic rings. The van der Waals surface area contributed by atoms with Gasteiger partial charge in [0, 0.05) is 50.7 Å². The van der Waals surface area contributed by atoms with Crippen molar-refractivity contribution in [1.29, 1.82) is 5.26 Å². The number of aliphatic hydroxyl groups is 3. The first-order valence-electron chi connectivity index (χ1n) is 17.3. The van der Waals surface area contributed by atoms with E-state index in [2.05, 4.69) is 32.1 Å². The number of nitriles is 1. The van der Waals surface area contributed by atoms with E-state index in [1.54, 1.807) is 20.0 Å². The number of nitrogens with zero attached hydrogens (tertiary/aromatic N) is 5. The van der Waals surface area contributed by atoms with Gasteiger partial charge in [0.05, 0.1) is 17.8 Å². The van der Waals surface area contributed by atoms with Crippen LogP contribution in [0.4, 0.5) is 5.69 Å². The Morgan fingerprint density at radius 2 is 1.76 bits per heavy atom. The summed E-state index contributed by atoms with van der Waals surface area (Å²) in [7, 11) is -2.81. The van der Waals surface area contributed by atoms with Gasteiger partial charge in [0.1, 0.15) is 30.5 Å². The normalized spacial score (nSPS) is 23.8. The SMILES string of the molecule is CO[C@H]1O[C@H](Cn2cc(CC(C)(C)OCCC(C)(C)NS(=O)(=O)/C(C#N)=C/c3ccc4cc(N5CCCCC5)ccc4c3)nn2)[C@@H](O)[C@H](O)[C@H]1O. The summed E-state index contributed by atoms with van der Waals surface area (Å²) in [4.78, 5) is 2.02. The van der Waals surface area contributed by atoms with Crippen LogP contribution in [0.15, 0.2) is 47.5 Å². The third kappa shape index (κ3) is 9.91. The highest BCUT2D eigenvalue weighted by Crippen LogP contribution is 2.28. The van der Waals surface area contributed by atoms with Gasteiger partial charge in [-0.1, -0.05) is 23.4 Å². The van der Waals surface area contributed by atoms with Crippen LogP contribution in [0.2, 0.25) is 0 Å². The fourth-order valence-electron chi connectivity index (χ4n) is 6.51. The minimum absolute atomic E-state index is 0.0626. The van der Waals surface area contributed by atoms with E-state index in [-0.39, 0.29) is 18.1 Å². The Bertz CT molecular complexity index is 1830. The molecular weight excluding hydrogens is 676 g/mol. The number of sulfonamides is 1. The molecule has 14 nitrogen and oxygen atoms in total. The molecule has 0 aliphatic carbocycles. The van der Waals surface area contributed by atoms with Crippen molar-refractivity contribution < 1.29 is 37.9 Å². The molecule has 0 radical (unpaired) electrons. The molecule has 2 fully saturated rings. The van der Waals surface area contributed by atoms with E-state index in [0.717, 1.165) is 23.9 Å². The molecule has 51 heavy (non-hydrogen) atoms. The quantitative estimate of drug-likeness (QED) is 0.178. The summed E-state index contributed by atoms with van der Waals surface area (Å²) in [6, 6.07) is 13.8. The number of allylic oxidation sites excluding steroid dienone is 1. The van der Waals surface area contributed by atoms with Crippen molar-refractivity contribution >= 4 is 32.6 Å². The van der Waals surface area contributed by atoms with E-state index in [9.17, 15) is 29.0 Å². The first-order chi connectivity index (χ1) is 24.1. The molecule has 0 bridgehead atoms. The molecule has 15 heteroatoms. The third-order valence-corrected chi connectivity index (χ3v) is 11.0. The van der Waals surface area contributed by atoms with Crippen LogP contribution in [0.1, 0.15) is 64.6 Å². The molecule has 5 rings (SSSR count). The Morgan fingerprint density at radius 3 is 2.47 bits per heavy atom. The molecular formula is C36H50N6O8S. The molecule has 3 aromatic rings. The van der Waals surface area contributed by atoms with Crippen LogP contribution in [0, 0.1) is 11.3 Å². The van der Waals surface area contributed by atoms with Gasteiger partial charge in [-0.25, -0.2) is 17.8 Å². The summed E-state index contributed by atoms with van der Waals surface area (Å²) in [5.41, 5.74) is 0.787. The molecule has 0 unspecified atom stereocenters. The van der Waals surface area contributed by atoms with Gasteiger partial charge in [-0.15, -0.1) is 5.10 Å². The van der Waals surface area contributed by atoms with Gasteiger partial charge in [0.2, 0.25) is 0 Å². The lowest BCUT2D eigenvalue weighted by Gasteiger charge is -2.39. The minimum Gasteiger partial charge on any atom is -0.388 e. The van der Waals surface area contributed by atoms with Crippen molar-refractivity contribution in [2.75, 3.05) is 31.7 Å². The van der Waals surface area contributed by atoms with Gasteiger partial charge < -0.3 is 34.4 Å². The number of fused-ring (bicyclic) bond motifs is 1. The molecule has 0 saturated carbocycles. The second kappa shape index (κ2) is 16.1. The monoisotopic (exact) mass is 726 g/mol. The van der Waals surface area contributed by atoms with Crippen molar-refractivity contribution in [1.82, 2.24) is 19.7 Å². The summed E-state index contributed by atoms with van der Waals surface area (Å²) in [5.74, 6) is 0. The highest BCUT2D eigenvalue weighted by Gasteiger charge is 2.44. The van der Waals surface area contributed by atoms with Crippen molar-refractivity contribution in [2.45, 2.75) is 108 Å². The number of benzene rings is 2. The number of anilines is 1. The van der Waals surface area contributed by atoms with Crippen molar-refractivity contribution in [2.24, 2.45) is 0 Å². The molecule has 0 amide bonds. The Balaban J connectivity index is 1.14. The van der Waals surface area contributed by atoms with Gasteiger partial charge in [-0.2, -0.15) is 5.26 Å². The second-order valence-electron chi connectivity index (χ2n) is 14.7. The first kappa shape index (κ1) is 38.8. The van der Waals surface area contributed by atoms with Crippen molar-refractivity contribution in [3.05, 3.63) is 58.8 Å². The first-order valence-corrected chi connectivity index (χ1v) is 18.8. The summed E-state index contributed by atoms with van der Waals surface area (Å²) < 4.78 is 47.7. The Kier molecular flexibility index (Phi) is 12.2. The van der Waals surface area contributed by atoms with Crippen molar-refractivity contribution in [3.8, 4) is 6.07 Å². The number of nitrogens with one attached hydrogen (secondary N) is 1. The van der Waals surface area contributed by atoms with Gasteiger partial charge in [-0.05, 0) is 94.0 Å². The number of aromatic nitrogens is 3. The number of piperidine rings is 1. The van der Waals surface area contributed by atoms with Crippen LogP contribution in [0.25, 0.3) is 16.8 Å². The highest BCUT2D eigenvalue weighted by atomic mass is 32.2. The summed E-state index contributed by atoms with van der Waals surface area (Å²) in [5, 5.41) is 50.7. The zero-order valence-corrected chi connectivity index (χ0v) is 30.7. The minimum atomic E-state index is -4.14. The van der Waals surface area contributed by atoms with Crippen LogP contribution < -0.4 is 9.62 Å². The second-order valence-corrected chi connectivity index (χ2v) is 16.3. The van der Waals surface area contributed by atoms with Crippen molar-refractivity contribution in [3.63, 3.8) is 0 Å². The number of rotatable bonds is 14. The zero-order valence-electron chi connectivity index (χ0n) is 29.9. The van der Waals surface area contributed by atoms with Crippen LogP contribution in [0.3, 0.4) is 0 Å². The smallest absolute Gasteiger partial charge is 0.251 e. The summed E-state index contributed by atoms with van der Waals surface area (Å²) in [6.45, 7) is 9.62. The Hall–Kier alpha value is -3.46. The van der Waals surface area contributed by atoms with Crippen LogP contribution in [0.5, 0.6) is 0 Å². The molecule has 2 aliphatic heterocycles. The fraction of sp³-hybridized carbons (Fsp3) is 0.583. The van der Waals surface area contributed by atoms with Gasteiger partial charge in [0.15, 0.2) is 11.2 Å². The molecule has 0 spiro atoms. The number of hydrogen-bond acceptors (Lipinski definition) is 12. The fourth-order valence-corrected chi connectivity index (χ4v) is 7.86. The molecule has 278 valence electrons. The van der Waals surface area contributed by atoms with Crippen LogP contribution in [-0.2, 0) is 37.2 Å². The Morgan fingerprint density at radius 1 is 1.06 bits per heavy atom. The maximum atomic E-state index is 13.4. The predicted octanol–water partition coefficient (Wildman–Crippen LogP) is 2.87. The van der Waals surface area contributed by atoms with E-state index in [0.29, 0.717) is 24.1 Å². The van der Waals surface area contributed by atoms with Gasteiger partial charge in [-0.3, -0.25) is 0 Å². The molecule has 4 N–H and O–H groups in total. The topological polar surface area (TPSA) is 192 Å². The third-order valence-electron chi connectivity index (χ3n) is 9.36. The van der Waals surface area contributed by atoms with E-state index in [1.165, 1.54) is 42.8 Å². The van der Waals surface area contributed by atoms with E-state index in [1.807, 2.05) is 44.2 Å². The highest BCUT2D eigenvalue weighted by molar-refractivity contribution is 7.93. The Labute approximate surface area is 299 Å². The summed E-state index contributed by atoms with van der Waals surface area (Å²) in [6.07, 6.45) is 1.26. The molecule has 3 heterocycles. The van der Waals surface area contributed by atoms with Gasteiger partial charge in [0.25, 0.3) is 10.0 Å². The van der Waals surface area contributed by atoms with E-state index < -0.39 is 51.9 Å². The molecule has 2 aromatic carbocycles. The predicted molar refractivity (Wildman–Crippen MR) is 192 cm³/mol. The maximum Gasteiger partial charge on any atom is 0.251 e. The average Bonchev–Trinajstić information content (AvgIpc) is 3.52. The standard InChI is InChI=1S/C36H50N6O8S/c1-35(2,13-16-49-36(3,4)20-27-22-42(40-38-27)23-30-31(43)32(44)33(45)34(48-5)50-30)39-51(46,47)29(21-37)18-24-9-10-26-19-28(12-11-25(26)17-24)41-14-7-6-8-15-41/h9-12,17-19,22,30-34,39,43-45H,6-8,13-16,20,23H2,1-5H3/b29-18+/t30-,31-,32+,33-,34+/m1/s1. The van der Waals surface area contributed by atoms with Gasteiger partial charge >= 0.3 is 0 Å². The average molecular weight is 727 g/mol. The molecule has 1 aromatic heterocycles. The molecule has 2 saturated heterocycles. The van der Waals surface area contributed by atoms with E-state index in [4.69, 9.17) is 14.2 Å². The number of hydrogen-bond donors (Lipinski definition) is 4. The lowest BCUT2D eigenvalue weighted by Crippen LogP contribution is -2.58. The lowest BCUT2D eigenvalue weighted by molar-refractivity contribution is -0.292. The number of methoxy groups -OCH3 is 1. The van der Waals surface area contributed by atoms with E-state index >= 15 is 0 Å². The lowest BCUT2D eigenvalue weighted by atomic mass is 9.99. The number of ether oxygens (including phenoxy) is 3. The maximum absolute atomic E-state index is 13.4. The van der Waals surface area contributed by atoms with Crippen LogP contribution in [-0.4, -0.2) is 107 Å².